The van der Waals surface area contributed by atoms with Gasteiger partial charge in [0.2, 0.25) is 5.91 Å². The molecule has 1 aromatic rings. The fourth-order valence-electron chi connectivity index (χ4n) is 2.46. The van der Waals surface area contributed by atoms with E-state index in [4.69, 9.17) is 5.73 Å². The van der Waals surface area contributed by atoms with E-state index in [0.717, 1.165) is 37.2 Å². The zero-order valence-corrected chi connectivity index (χ0v) is 11.8. The predicted molar refractivity (Wildman–Crippen MR) is 78.0 cm³/mol. The Labute approximate surface area is 115 Å². The van der Waals surface area contributed by atoms with Crippen molar-refractivity contribution in [3.8, 4) is 0 Å². The molecule has 0 aliphatic carbocycles. The van der Waals surface area contributed by atoms with Gasteiger partial charge in [0.15, 0.2) is 0 Å². The van der Waals surface area contributed by atoms with Gasteiger partial charge in [0.1, 0.15) is 6.04 Å². The van der Waals surface area contributed by atoms with Crippen LogP contribution in [-0.2, 0) is 11.3 Å². The van der Waals surface area contributed by atoms with Crippen LogP contribution in [0.5, 0.6) is 0 Å². The van der Waals surface area contributed by atoms with Crippen molar-refractivity contribution in [1.29, 1.82) is 0 Å². The summed E-state index contributed by atoms with van der Waals surface area (Å²) in [5.74, 6) is 0.225. The van der Waals surface area contributed by atoms with E-state index in [0.29, 0.717) is 6.54 Å². The molecule has 0 bridgehead atoms. The molecule has 2 rings (SSSR count). The second-order valence-corrected chi connectivity index (χ2v) is 5.19. The molecule has 1 unspecified atom stereocenters. The molecule has 1 aliphatic heterocycles. The van der Waals surface area contributed by atoms with E-state index in [2.05, 4.69) is 0 Å². The van der Waals surface area contributed by atoms with Crippen molar-refractivity contribution >= 4 is 11.6 Å². The van der Waals surface area contributed by atoms with E-state index in [1.807, 2.05) is 48.0 Å². The first kappa shape index (κ1) is 13.9. The van der Waals surface area contributed by atoms with E-state index < -0.39 is 0 Å². The first-order valence-corrected chi connectivity index (χ1v) is 6.94. The average Bonchev–Trinajstić information content (AvgIpc) is 2.99. The van der Waals surface area contributed by atoms with Gasteiger partial charge in [-0.1, -0.05) is 12.1 Å². The Balaban J connectivity index is 2.04. The fourth-order valence-corrected chi connectivity index (χ4v) is 2.46. The maximum Gasteiger partial charge on any atom is 0.244 e. The molecule has 0 saturated carbocycles. The largest absolute Gasteiger partial charge is 0.363 e. The van der Waals surface area contributed by atoms with E-state index in [1.165, 1.54) is 0 Å². The summed E-state index contributed by atoms with van der Waals surface area (Å²) in [6.07, 6.45) is 2.26. The first-order chi connectivity index (χ1) is 9.13. The molecule has 1 atom stereocenters. The number of carbonyl (C=O) groups excluding carboxylic acids is 1. The van der Waals surface area contributed by atoms with Crippen molar-refractivity contribution in [1.82, 2.24) is 4.90 Å². The normalized spacial score (nSPS) is 16.5. The zero-order chi connectivity index (χ0) is 13.8. The summed E-state index contributed by atoms with van der Waals surface area (Å²) in [7, 11) is 1.97. The van der Waals surface area contributed by atoms with Gasteiger partial charge >= 0.3 is 0 Å². The first-order valence-electron chi connectivity index (χ1n) is 6.94. The minimum atomic E-state index is -0.123. The van der Waals surface area contributed by atoms with Crippen LogP contribution in [0.15, 0.2) is 24.3 Å². The number of anilines is 1. The van der Waals surface area contributed by atoms with Gasteiger partial charge < -0.3 is 15.5 Å². The molecule has 1 amide bonds. The van der Waals surface area contributed by atoms with E-state index in [1.54, 1.807) is 0 Å². The van der Waals surface area contributed by atoms with Gasteiger partial charge in [-0.15, -0.1) is 0 Å². The molecule has 1 aromatic carbocycles. The molecular formula is C15H23N3O. The van der Waals surface area contributed by atoms with Crippen LogP contribution in [0.4, 0.5) is 5.69 Å². The number of hydrogen-bond acceptors (Lipinski definition) is 3. The molecule has 1 heterocycles. The summed E-state index contributed by atoms with van der Waals surface area (Å²) in [5.41, 5.74) is 7.75. The van der Waals surface area contributed by atoms with Crippen molar-refractivity contribution in [3.05, 3.63) is 29.8 Å². The molecule has 0 spiro atoms. The molecule has 19 heavy (non-hydrogen) atoms. The minimum absolute atomic E-state index is 0.123. The Morgan fingerprint density at radius 3 is 2.42 bits per heavy atom. The highest BCUT2D eigenvalue weighted by atomic mass is 16.2. The Morgan fingerprint density at radius 2 is 1.89 bits per heavy atom. The van der Waals surface area contributed by atoms with Gasteiger partial charge in [-0.05, 0) is 37.5 Å². The smallest absolute Gasteiger partial charge is 0.244 e. The number of benzene rings is 1. The minimum Gasteiger partial charge on any atom is -0.363 e. The topological polar surface area (TPSA) is 49.6 Å². The van der Waals surface area contributed by atoms with Crippen molar-refractivity contribution in [3.63, 3.8) is 0 Å². The molecule has 1 fully saturated rings. The fraction of sp³-hybridized carbons (Fsp3) is 0.533. The lowest BCUT2D eigenvalue weighted by Crippen LogP contribution is -2.44. The van der Waals surface area contributed by atoms with Gasteiger partial charge in [0.05, 0.1) is 0 Å². The lowest BCUT2D eigenvalue weighted by molar-refractivity contribution is -0.131. The summed E-state index contributed by atoms with van der Waals surface area (Å²) in [6.45, 7) is 4.33. The molecule has 2 N–H and O–H groups in total. The van der Waals surface area contributed by atoms with Crippen molar-refractivity contribution in [2.75, 3.05) is 25.0 Å². The number of hydrogen-bond donors (Lipinski definition) is 1. The van der Waals surface area contributed by atoms with Gasteiger partial charge in [-0.2, -0.15) is 0 Å². The Bertz CT molecular complexity index is 424. The highest BCUT2D eigenvalue weighted by molar-refractivity contribution is 5.85. The number of likely N-dealkylation sites (N-methyl/N-ethyl adjacent to an activating group) is 1. The Morgan fingerprint density at radius 1 is 1.32 bits per heavy atom. The number of rotatable bonds is 4. The van der Waals surface area contributed by atoms with Gasteiger partial charge in [0, 0.05) is 32.4 Å². The van der Waals surface area contributed by atoms with Crippen LogP contribution in [0.3, 0.4) is 0 Å². The van der Waals surface area contributed by atoms with Crippen molar-refractivity contribution in [2.24, 2.45) is 5.73 Å². The molecule has 1 saturated heterocycles. The molecular weight excluding hydrogens is 238 g/mol. The van der Waals surface area contributed by atoms with Gasteiger partial charge in [0.25, 0.3) is 0 Å². The predicted octanol–water partition coefficient (Wildman–Crippen LogP) is 1.59. The molecule has 0 aromatic heterocycles. The number of carbonyl (C=O) groups is 1. The zero-order valence-electron chi connectivity index (χ0n) is 11.8. The number of nitrogens with zero attached hydrogens (tertiary/aromatic N) is 2. The number of likely N-dealkylation sites (tertiary alicyclic amines) is 1. The second kappa shape index (κ2) is 6.06. The maximum absolute atomic E-state index is 12.3. The lowest BCUT2D eigenvalue weighted by atomic mass is 10.1. The second-order valence-electron chi connectivity index (χ2n) is 5.19. The van der Waals surface area contributed by atoms with Crippen LogP contribution >= 0.6 is 0 Å². The van der Waals surface area contributed by atoms with Gasteiger partial charge in [-0.25, -0.2) is 0 Å². The van der Waals surface area contributed by atoms with E-state index in [9.17, 15) is 4.79 Å². The van der Waals surface area contributed by atoms with Crippen LogP contribution in [-0.4, -0.2) is 37.0 Å². The third-order valence-corrected chi connectivity index (χ3v) is 3.94. The quantitative estimate of drug-likeness (QED) is 0.895. The van der Waals surface area contributed by atoms with Crippen LogP contribution in [0.1, 0.15) is 25.3 Å². The highest BCUT2D eigenvalue weighted by Crippen LogP contribution is 2.18. The summed E-state index contributed by atoms with van der Waals surface area (Å²) in [5, 5.41) is 0. The molecule has 4 nitrogen and oxygen atoms in total. The Kier molecular flexibility index (Phi) is 4.43. The van der Waals surface area contributed by atoms with E-state index >= 15 is 0 Å². The van der Waals surface area contributed by atoms with Crippen LogP contribution in [0.25, 0.3) is 0 Å². The van der Waals surface area contributed by atoms with Crippen LogP contribution in [0.2, 0.25) is 0 Å². The average molecular weight is 261 g/mol. The maximum atomic E-state index is 12.3. The molecule has 4 heteroatoms. The summed E-state index contributed by atoms with van der Waals surface area (Å²) in [6, 6.07) is 7.95. The van der Waals surface area contributed by atoms with Crippen molar-refractivity contribution in [2.45, 2.75) is 32.4 Å². The summed E-state index contributed by atoms with van der Waals surface area (Å²) in [4.78, 5) is 16.3. The monoisotopic (exact) mass is 261 g/mol. The molecule has 104 valence electrons. The van der Waals surface area contributed by atoms with Crippen molar-refractivity contribution < 1.29 is 4.79 Å². The molecule has 1 aliphatic rings. The number of amides is 1. The lowest BCUT2D eigenvalue weighted by Gasteiger charge is -2.29. The van der Waals surface area contributed by atoms with Gasteiger partial charge in [-0.3, -0.25) is 4.79 Å². The number of nitrogens with two attached hydrogens (primary N) is 1. The third-order valence-electron chi connectivity index (χ3n) is 3.94. The summed E-state index contributed by atoms with van der Waals surface area (Å²) < 4.78 is 0. The van der Waals surface area contributed by atoms with Crippen LogP contribution in [0, 0.1) is 0 Å². The Hall–Kier alpha value is -1.55. The third kappa shape index (κ3) is 3.07. The van der Waals surface area contributed by atoms with Crippen LogP contribution < -0.4 is 10.6 Å². The summed E-state index contributed by atoms with van der Waals surface area (Å²) >= 11 is 0. The SMILES string of the molecule is CC(C(=O)N1CCCC1)N(C)c1ccc(CN)cc1. The molecule has 0 radical (unpaired) electrons. The highest BCUT2D eigenvalue weighted by Gasteiger charge is 2.25. The van der Waals surface area contributed by atoms with E-state index in [-0.39, 0.29) is 11.9 Å². The standard InChI is InChI=1S/C15H23N3O/c1-12(15(19)18-9-3-4-10-18)17(2)14-7-5-13(11-16)6-8-14/h5-8,12H,3-4,9-11,16H2,1-2H3.